The molecular weight excluding hydrogens is 348 g/mol. The number of amides is 1. The van der Waals surface area contributed by atoms with Gasteiger partial charge in [0.25, 0.3) is 5.56 Å². The molecule has 142 valence electrons. The van der Waals surface area contributed by atoms with Gasteiger partial charge >= 0.3 is 0 Å². The van der Waals surface area contributed by atoms with Gasteiger partial charge in [0.15, 0.2) is 0 Å². The summed E-state index contributed by atoms with van der Waals surface area (Å²) in [6, 6.07) is 0.242. The van der Waals surface area contributed by atoms with Crippen LogP contribution in [-0.2, 0) is 17.9 Å². The van der Waals surface area contributed by atoms with E-state index in [2.05, 4.69) is 5.32 Å². The Morgan fingerprint density at radius 3 is 2.62 bits per heavy atom. The molecule has 1 N–H and O–H groups in total. The van der Waals surface area contributed by atoms with E-state index in [1.54, 1.807) is 15.9 Å². The Morgan fingerprint density at radius 1 is 1.27 bits per heavy atom. The standard InChI is InChI=1S/C19H28N4O2S/c1-12-13(2)26-18-17(12)19(25)23(15(21-18)10-22(3)4)11-16(24)20-14-8-6-5-7-9-14/h14H,5-11H2,1-4H3,(H,20,24). The van der Waals surface area contributed by atoms with Crippen LogP contribution in [0.3, 0.4) is 0 Å². The summed E-state index contributed by atoms with van der Waals surface area (Å²) in [7, 11) is 3.88. The van der Waals surface area contributed by atoms with Crippen LogP contribution in [0.2, 0.25) is 0 Å². The highest BCUT2D eigenvalue weighted by Crippen LogP contribution is 2.26. The van der Waals surface area contributed by atoms with Crippen molar-refractivity contribution in [1.29, 1.82) is 0 Å². The molecule has 0 bridgehead atoms. The van der Waals surface area contributed by atoms with Crippen molar-refractivity contribution in [3.05, 3.63) is 26.6 Å². The highest BCUT2D eigenvalue weighted by atomic mass is 32.1. The molecule has 0 aromatic carbocycles. The molecule has 2 aromatic heterocycles. The summed E-state index contributed by atoms with van der Waals surface area (Å²) in [6.07, 6.45) is 5.64. The van der Waals surface area contributed by atoms with Crippen molar-refractivity contribution in [3.8, 4) is 0 Å². The lowest BCUT2D eigenvalue weighted by atomic mass is 9.95. The number of carbonyl (C=O) groups excluding carboxylic acids is 1. The molecule has 0 aliphatic heterocycles. The third kappa shape index (κ3) is 3.99. The Bertz CT molecular complexity index is 863. The summed E-state index contributed by atoms with van der Waals surface area (Å²) >= 11 is 1.55. The zero-order valence-corrected chi connectivity index (χ0v) is 16.9. The topological polar surface area (TPSA) is 67.2 Å². The second-order valence-corrected chi connectivity index (χ2v) is 8.73. The largest absolute Gasteiger partial charge is 0.352 e. The molecule has 2 aromatic rings. The fraction of sp³-hybridized carbons (Fsp3) is 0.632. The lowest BCUT2D eigenvalue weighted by Crippen LogP contribution is -2.41. The second-order valence-electron chi connectivity index (χ2n) is 7.52. The number of hydrogen-bond donors (Lipinski definition) is 1. The fourth-order valence-corrected chi connectivity index (χ4v) is 4.64. The maximum absolute atomic E-state index is 13.1. The Labute approximate surface area is 158 Å². The van der Waals surface area contributed by atoms with Crippen LogP contribution in [0.5, 0.6) is 0 Å². The van der Waals surface area contributed by atoms with Gasteiger partial charge in [-0.05, 0) is 46.3 Å². The minimum Gasteiger partial charge on any atom is -0.352 e. The number of nitrogens with zero attached hydrogens (tertiary/aromatic N) is 3. The number of thiophene rings is 1. The zero-order chi connectivity index (χ0) is 18.8. The molecule has 26 heavy (non-hydrogen) atoms. The molecule has 2 heterocycles. The fourth-order valence-electron chi connectivity index (χ4n) is 3.60. The Morgan fingerprint density at radius 2 is 1.96 bits per heavy atom. The van der Waals surface area contributed by atoms with Crippen LogP contribution in [-0.4, -0.2) is 40.5 Å². The minimum atomic E-state index is -0.104. The van der Waals surface area contributed by atoms with E-state index in [-0.39, 0.29) is 24.1 Å². The third-order valence-electron chi connectivity index (χ3n) is 5.10. The van der Waals surface area contributed by atoms with Gasteiger partial charge in [0, 0.05) is 10.9 Å². The van der Waals surface area contributed by atoms with Crippen molar-refractivity contribution in [2.75, 3.05) is 14.1 Å². The third-order valence-corrected chi connectivity index (χ3v) is 6.20. The van der Waals surface area contributed by atoms with Gasteiger partial charge in [-0.25, -0.2) is 4.98 Å². The number of fused-ring (bicyclic) bond motifs is 1. The van der Waals surface area contributed by atoms with Crippen LogP contribution in [0, 0.1) is 13.8 Å². The van der Waals surface area contributed by atoms with Gasteiger partial charge in [-0.2, -0.15) is 0 Å². The number of aromatic nitrogens is 2. The molecule has 6 nitrogen and oxygen atoms in total. The van der Waals surface area contributed by atoms with Crippen molar-refractivity contribution >= 4 is 27.5 Å². The van der Waals surface area contributed by atoms with Crippen molar-refractivity contribution in [2.45, 2.75) is 65.1 Å². The number of nitrogens with one attached hydrogen (secondary N) is 1. The summed E-state index contributed by atoms with van der Waals surface area (Å²) in [5.74, 6) is 0.553. The molecular formula is C19H28N4O2S. The average Bonchev–Trinajstić information content (AvgIpc) is 2.86. The Hall–Kier alpha value is -1.73. The first-order valence-corrected chi connectivity index (χ1v) is 10.1. The highest BCUT2D eigenvalue weighted by Gasteiger charge is 2.20. The number of aryl methyl sites for hydroxylation is 2. The minimum absolute atomic E-state index is 0.0375. The second kappa shape index (κ2) is 7.88. The molecule has 1 aliphatic carbocycles. The Kier molecular flexibility index (Phi) is 5.77. The predicted molar refractivity (Wildman–Crippen MR) is 106 cm³/mol. The van der Waals surface area contributed by atoms with Crippen LogP contribution in [0.1, 0.15) is 48.4 Å². The van der Waals surface area contributed by atoms with Gasteiger partial charge in [-0.15, -0.1) is 11.3 Å². The van der Waals surface area contributed by atoms with Crippen LogP contribution < -0.4 is 10.9 Å². The van der Waals surface area contributed by atoms with Crippen LogP contribution >= 0.6 is 11.3 Å². The molecule has 1 amide bonds. The normalized spacial score (nSPS) is 15.7. The van der Waals surface area contributed by atoms with Crippen molar-refractivity contribution in [2.24, 2.45) is 0 Å². The summed E-state index contributed by atoms with van der Waals surface area (Å²) < 4.78 is 1.56. The summed E-state index contributed by atoms with van der Waals surface area (Å²) in [4.78, 5) is 34.3. The van der Waals surface area contributed by atoms with E-state index in [1.807, 2.05) is 32.8 Å². The molecule has 0 radical (unpaired) electrons. The maximum atomic E-state index is 13.1. The molecule has 0 saturated heterocycles. The van der Waals surface area contributed by atoms with Gasteiger partial charge in [-0.3, -0.25) is 14.2 Å². The SMILES string of the molecule is Cc1sc2nc(CN(C)C)n(CC(=O)NC3CCCCC3)c(=O)c2c1C. The Balaban J connectivity index is 1.93. The molecule has 7 heteroatoms. The van der Waals surface area contributed by atoms with Crippen molar-refractivity contribution in [1.82, 2.24) is 19.8 Å². The van der Waals surface area contributed by atoms with E-state index in [0.29, 0.717) is 17.8 Å². The molecule has 3 rings (SSSR count). The maximum Gasteiger partial charge on any atom is 0.263 e. The lowest BCUT2D eigenvalue weighted by Gasteiger charge is -2.23. The quantitative estimate of drug-likeness (QED) is 0.871. The van der Waals surface area contributed by atoms with Gasteiger partial charge < -0.3 is 10.2 Å². The lowest BCUT2D eigenvalue weighted by molar-refractivity contribution is -0.122. The number of rotatable bonds is 5. The van der Waals surface area contributed by atoms with Gasteiger partial charge in [-0.1, -0.05) is 19.3 Å². The zero-order valence-electron chi connectivity index (χ0n) is 16.1. The monoisotopic (exact) mass is 376 g/mol. The molecule has 1 saturated carbocycles. The molecule has 0 spiro atoms. The molecule has 0 atom stereocenters. The molecule has 1 aliphatic rings. The van der Waals surface area contributed by atoms with E-state index in [0.717, 1.165) is 41.0 Å². The van der Waals surface area contributed by atoms with E-state index in [9.17, 15) is 9.59 Å². The molecule has 0 unspecified atom stereocenters. The summed E-state index contributed by atoms with van der Waals surface area (Å²) in [5, 5.41) is 3.76. The van der Waals surface area contributed by atoms with E-state index in [1.165, 1.54) is 6.42 Å². The number of carbonyl (C=O) groups is 1. The smallest absolute Gasteiger partial charge is 0.263 e. The van der Waals surface area contributed by atoms with Crippen LogP contribution in [0.15, 0.2) is 4.79 Å². The van der Waals surface area contributed by atoms with Gasteiger partial charge in [0.05, 0.1) is 11.9 Å². The van der Waals surface area contributed by atoms with Gasteiger partial charge in [0.2, 0.25) is 5.91 Å². The van der Waals surface area contributed by atoms with E-state index >= 15 is 0 Å². The molecule has 1 fully saturated rings. The average molecular weight is 377 g/mol. The predicted octanol–water partition coefficient (Wildman–Crippen LogP) is 2.59. The van der Waals surface area contributed by atoms with Crippen molar-refractivity contribution < 1.29 is 4.79 Å². The van der Waals surface area contributed by atoms with Crippen molar-refractivity contribution in [3.63, 3.8) is 0 Å². The van der Waals surface area contributed by atoms with Gasteiger partial charge in [0.1, 0.15) is 17.2 Å². The summed E-state index contributed by atoms with van der Waals surface area (Å²) in [6.45, 7) is 4.52. The first kappa shape index (κ1) is 19.0. The number of hydrogen-bond acceptors (Lipinski definition) is 5. The first-order valence-electron chi connectivity index (χ1n) is 9.30. The van der Waals surface area contributed by atoms with E-state index < -0.39 is 0 Å². The van der Waals surface area contributed by atoms with Crippen LogP contribution in [0.4, 0.5) is 0 Å². The first-order chi connectivity index (χ1) is 12.4. The van der Waals surface area contributed by atoms with Crippen LogP contribution in [0.25, 0.3) is 10.2 Å². The van der Waals surface area contributed by atoms with E-state index in [4.69, 9.17) is 4.98 Å². The summed E-state index contributed by atoms with van der Waals surface area (Å²) in [5.41, 5.74) is 0.868. The highest BCUT2D eigenvalue weighted by molar-refractivity contribution is 7.18.